The van der Waals surface area contributed by atoms with E-state index in [1.165, 1.54) is 4.88 Å². The van der Waals surface area contributed by atoms with Gasteiger partial charge in [0, 0.05) is 30.0 Å². The third-order valence-corrected chi connectivity index (χ3v) is 7.31. The molecule has 0 aliphatic carbocycles. The van der Waals surface area contributed by atoms with Gasteiger partial charge in [-0.05, 0) is 63.0 Å². The summed E-state index contributed by atoms with van der Waals surface area (Å²) in [5.41, 5.74) is 1.49. The van der Waals surface area contributed by atoms with Crippen molar-refractivity contribution in [2.75, 3.05) is 27.2 Å². The largest absolute Gasteiger partial charge is 0.331 e. The zero-order valence-electron chi connectivity index (χ0n) is 17.5. The van der Waals surface area contributed by atoms with Crippen LogP contribution in [0.4, 0.5) is 4.79 Å². The quantitative estimate of drug-likeness (QED) is 0.612. The van der Waals surface area contributed by atoms with Crippen molar-refractivity contribution >= 4 is 40.6 Å². The monoisotopic (exact) mass is 463 g/mol. The van der Waals surface area contributed by atoms with E-state index in [4.69, 9.17) is 23.2 Å². The molecule has 1 aliphatic heterocycles. The van der Waals surface area contributed by atoms with Crippen LogP contribution in [0.15, 0.2) is 29.6 Å². The number of nitrogens with zero attached hydrogens (tertiary/aromatic N) is 2. The minimum absolute atomic E-state index is 0.0935. The molecule has 0 radical (unpaired) electrons. The average molecular weight is 464 g/mol. The number of urea groups is 1. The highest BCUT2D eigenvalue weighted by atomic mass is 35.5. The number of likely N-dealkylation sites (tertiary alicyclic amines) is 1. The number of halogens is 2. The first-order chi connectivity index (χ1) is 14.4. The van der Waals surface area contributed by atoms with Gasteiger partial charge in [-0.2, -0.15) is 0 Å². The van der Waals surface area contributed by atoms with Crippen LogP contribution >= 0.6 is 34.5 Å². The van der Waals surface area contributed by atoms with E-state index in [-0.39, 0.29) is 18.1 Å². The Balaban J connectivity index is 1.64. The lowest BCUT2D eigenvalue weighted by molar-refractivity contribution is 0.146. The van der Waals surface area contributed by atoms with Crippen molar-refractivity contribution in [3.05, 3.63) is 55.7 Å². The molecular formula is C23H27Cl2N3OS. The maximum Gasteiger partial charge on any atom is 0.317 e. The Morgan fingerprint density at radius 1 is 1.30 bits per heavy atom. The molecule has 1 fully saturated rings. The number of hydrogen-bond donors (Lipinski definition) is 1. The molecule has 1 aromatic heterocycles. The molecule has 0 saturated carbocycles. The lowest BCUT2D eigenvalue weighted by Crippen LogP contribution is -2.48. The Bertz CT molecular complexity index is 928. The minimum Gasteiger partial charge on any atom is -0.331 e. The smallest absolute Gasteiger partial charge is 0.317 e. The van der Waals surface area contributed by atoms with E-state index in [0.29, 0.717) is 22.0 Å². The van der Waals surface area contributed by atoms with Crippen molar-refractivity contribution in [3.63, 3.8) is 0 Å². The summed E-state index contributed by atoms with van der Waals surface area (Å²) in [6.45, 7) is 3.93. The summed E-state index contributed by atoms with van der Waals surface area (Å²) in [6, 6.07) is 7.74. The molecule has 0 bridgehead atoms. The summed E-state index contributed by atoms with van der Waals surface area (Å²) in [4.78, 5) is 18.0. The number of piperidine rings is 1. The van der Waals surface area contributed by atoms with Crippen molar-refractivity contribution in [1.29, 1.82) is 0 Å². The van der Waals surface area contributed by atoms with Crippen LogP contribution in [0.2, 0.25) is 10.0 Å². The maximum atomic E-state index is 12.7. The molecule has 0 spiro atoms. The number of hydrogen-bond acceptors (Lipinski definition) is 3. The Labute approximate surface area is 193 Å². The normalized spacial score (nSPS) is 15.9. The van der Waals surface area contributed by atoms with Crippen molar-refractivity contribution in [3.8, 4) is 11.8 Å². The van der Waals surface area contributed by atoms with E-state index >= 15 is 0 Å². The fraction of sp³-hybridized carbons (Fsp3) is 0.435. The summed E-state index contributed by atoms with van der Waals surface area (Å²) in [5.74, 6) is 6.25. The van der Waals surface area contributed by atoms with Crippen LogP contribution in [0, 0.1) is 11.8 Å². The molecule has 30 heavy (non-hydrogen) atoms. The van der Waals surface area contributed by atoms with Gasteiger partial charge in [0.05, 0.1) is 16.1 Å². The van der Waals surface area contributed by atoms with Crippen molar-refractivity contribution in [2.24, 2.45) is 0 Å². The van der Waals surface area contributed by atoms with Crippen LogP contribution in [0.5, 0.6) is 0 Å². The highest BCUT2D eigenvalue weighted by Crippen LogP contribution is 2.33. The van der Waals surface area contributed by atoms with E-state index in [9.17, 15) is 4.79 Å². The number of nitrogens with one attached hydrogen (secondary N) is 1. The summed E-state index contributed by atoms with van der Waals surface area (Å²) in [5, 5.41) is 5.95. The summed E-state index contributed by atoms with van der Waals surface area (Å²) >= 11 is 14.7. The number of amides is 2. The highest BCUT2D eigenvalue weighted by molar-refractivity contribution is 7.09. The third-order valence-electron chi connectivity index (χ3n) is 5.54. The van der Waals surface area contributed by atoms with E-state index < -0.39 is 0 Å². The first kappa shape index (κ1) is 23.0. The predicted octanol–water partition coefficient (Wildman–Crippen LogP) is 5.45. The average Bonchev–Trinajstić information content (AvgIpc) is 3.24. The molecule has 1 aromatic carbocycles. The second-order valence-corrected chi connectivity index (χ2v) is 9.49. The Hall–Kier alpha value is -1.71. The number of carbonyl (C=O) groups is 1. The van der Waals surface area contributed by atoms with Crippen molar-refractivity contribution in [1.82, 2.24) is 15.1 Å². The fourth-order valence-corrected chi connectivity index (χ4v) is 4.74. The van der Waals surface area contributed by atoms with Gasteiger partial charge in [-0.25, -0.2) is 4.79 Å². The second-order valence-electron chi connectivity index (χ2n) is 7.70. The molecule has 7 heteroatoms. The standard InChI is InChI=1S/C23H27Cl2N3OS/c1-16(26-23(29)28(3)18-11-13-27(2)14-12-18)20-10-9-17(21(24)22(20)25)6-4-7-19-8-5-15-30-19/h5,8-10,15-16,18H,7,11-14H2,1-3H3,(H,26,29). The number of rotatable bonds is 4. The van der Waals surface area contributed by atoms with E-state index in [1.807, 2.05) is 42.5 Å². The highest BCUT2D eigenvalue weighted by Gasteiger charge is 2.25. The van der Waals surface area contributed by atoms with Gasteiger partial charge < -0.3 is 15.1 Å². The molecule has 2 amide bonds. The number of thiophene rings is 1. The third kappa shape index (κ3) is 5.70. The summed E-state index contributed by atoms with van der Waals surface area (Å²) in [7, 11) is 3.97. The summed E-state index contributed by atoms with van der Waals surface area (Å²) < 4.78 is 0. The fourth-order valence-electron chi connectivity index (χ4n) is 3.55. The van der Waals surface area contributed by atoms with Crippen LogP contribution < -0.4 is 5.32 Å². The second kappa shape index (κ2) is 10.5. The topological polar surface area (TPSA) is 35.6 Å². The Kier molecular flexibility index (Phi) is 8.07. The molecule has 1 N–H and O–H groups in total. The maximum absolute atomic E-state index is 12.7. The van der Waals surface area contributed by atoms with Gasteiger partial charge in [-0.15, -0.1) is 11.3 Å². The lowest BCUT2D eigenvalue weighted by Gasteiger charge is -2.35. The van der Waals surface area contributed by atoms with E-state index in [1.54, 1.807) is 11.3 Å². The molecule has 1 aliphatic rings. The number of carbonyl (C=O) groups excluding carboxylic acids is 1. The minimum atomic E-state index is -0.260. The van der Waals surface area contributed by atoms with Gasteiger partial charge >= 0.3 is 6.03 Å². The van der Waals surface area contributed by atoms with E-state index in [0.717, 1.165) is 31.5 Å². The van der Waals surface area contributed by atoms with Crippen molar-refractivity contribution < 1.29 is 4.79 Å². The SMILES string of the molecule is CC(NC(=O)N(C)C1CCN(C)CC1)c1ccc(C#CCc2cccs2)c(Cl)c1Cl. The van der Waals surface area contributed by atoms with Crippen LogP contribution in [-0.2, 0) is 6.42 Å². The molecule has 3 rings (SSSR count). The van der Waals surface area contributed by atoms with Crippen LogP contribution in [-0.4, -0.2) is 49.1 Å². The molecule has 1 unspecified atom stereocenters. The predicted molar refractivity (Wildman–Crippen MR) is 127 cm³/mol. The van der Waals surface area contributed by atoms with Crippen molar-refractivity contribution in [2.45, 2.75) is 38.3 Å². The first-order valence-corrected chi connectivity index (χ1v) is 11.7. The van der Waals surface area contributed by atoms with Gasteiger partial charge in [-0.1, -0.05) is 47.2 Å². The van der Waals surface area contributed by atoms with Crippen LogP contribution in [0.1, 0.15) is 41.8 Å². The molecule has 2 heterocycles. The Morgan fingerprint density at radius 2 is 2.03 bits per heavy atom. The van der Waals surface area contributed by atoms with Crippen LogP contribution in [0.25, 0.3) is 0 Å². The van der Waals surface area contributed by atoms with Crippen LogP contribution in [0.3, 0.4) is 0 Å². The van der Waals surface area contributed by atoms with Gasteiger partial charge in [-0.3, -0.25) is 0 Å². The zero-order valence-corrected chi connectivity index (χ0v) is 19.9. The number of benzene rings is 1. The molecule has 1 atom stereocenters. The first-order valence-electron chi connectivity index (χ1n) is 10.1. The zero-order chi connectivity index (χ0) is 21.7. The lowest BCUT2D eigenvalue weighted by atomic mass is 10.0. The molecule has 4 nitrogen and oxygen atoms in total. The molecule has 160 valence electrons. The van der Waals surface area contributed by atoms with E-state index in [2.05, 4.69) is 35.2 Å². The van der Waals surface area contributed by atoms with Gasteiger partial charge in [0.25, 0.3) is 0 Å². The molecular weight excluding hydrogens is 437 g/mol. The molecule has 1 saturated heterocycles. The van der Waals surface area contributed by atoms with Gasteiger partial charge in [0.2, 0.25) is 0 Å². The molecule has 2 aromatic rings. The van der Waals surface area contributed by atoms with Gasteiger partial charge in [0.1, 0.15) is 0 Å². The Morgan fingerprint density at radius 3 is 2.70 bits per heavy atom. The summed E-state index contributed by atoms with van der Waals surface area (Å²) in [6.07, 6.45) is 2.66. The van der Waals surface area contributed by atoms with Gasteiger partial charge in [0.15, 0.2) is 0 Å².